The van der Waals surface area contributed by atoms with Crippen LogP contribution >= 0.6 is 0 Å². The summed E-state index contributed by atoms with van der Waals surface area (Å²) >= 11 is 0. The molecule has 5 heteroatoms. The smallest absolute Gasteiger partial charge is 0.163 e. The molecule has 1 fully saturated rings. The Morgan fingerprint density at radius 3 is 2.43 bits per heavy atom. The van der Waals surface area contributed by atoms with Crippen LogP contribution in [0.25, 0.3) is 16.8 Å². The maximum atomic E-state index is 13.3. The second-order valence-electron chi connectivity index (χ2n) is 9.60. The summed E-state index contributed by atoms with van der Waals surface area (Å²) in [5.74, 6) is 1.80. The predicted octanol–water partition coefficient (Wildman–Crippen LogP) is 5.77. The number of ketones is 1. The molecule has 0 saturated heterocycles. The fraction of sp³-hybridized carbons (Fsp3) is 0.440. The molecule has 0 aliphatic heterocycles. The van der Waals surface area contributed by atoms with Gasteiger partial charge in [0.05, 0.1) is 5.69 Å². The van der Waals surface area contributed by atoms with E-state index in [2.05, 4.69) is 80.5 Å². The fourth-order valence-electron chi connectivity index (χ4n) is 4.07. The van der Waals surface area contributed by atoms with Gasteiger partial charge >= 0.3 is 0 Å². The first-order chi connectivity index (χ1) is 14.2. The summed E-state index contributed by atoms with van der Waals surface area (Å²) in [5.41, 5.74) is 4.88. The molecular weight excluding hydrogens is 372 g/mol. The Labute approximate surface area is 178 Å². The fourth-order valence-corrected chi connectivity index (χ4v) is 4.07. The zero-order valence-electron chi connectivity index (χ0n) is 18.5. The Bertz CT molecular complexity index is 1060. The van der Waals surface area contributed by atoms with Crippen LogP contribution in [-0.2, 0) is 0 Å². The molecule has 2 aromatic carbocycles. The standard InChI is InChI=1S/C25H30N4O/c1-16(2)24-26-27-28-29(24)22-13-19(18-8-6-17(3)7-9-18)12-20(14-22)23(30)15-25(4,5)21-10-11-21/h6-9,12-14,16,21H,10-11,15H2,1-5H3. The van der Waals surface area contributed by atoms with E-state index in [9.17, 15) is 4.79 Å². The highest BCUT2D eigenvalue weighted by Crippen LogP contribution is 2.47. The lowest BCUT2D eigenvalue weighted by Gasteiger charge is -2.23. The van der Waals surface area contributed by atoms with Gasteiger partial charge in [0, 0.05) is 17.9 Å². The molecule has 0 atom stereocenters. The molecule has 3 aromatic rings. The first-order valence-corrected chi connectivity index (χ1v) is 10.8. The molecule has 0 unspecified atom stereocenters. The third-order valence-corrected chi connectivity index (χ3v) is 6.18. The van der Waals surface area contributed by atoms with Crippen molar-refractivity contribution in [1.82, 2.24) is 20.2 Å². The van der Waals surface area contributed by atoms with Crippen molar-refractivity contribution in [3.05, 3.63) is 59.4 Å². The number of carbonyl (C=O) groups is 1. The van der Waals surface area contributed by atoms with E-state index in [1.54, 1.807) is 4.68 Å². The van der Waals surface area contributed by atoms with Crippen LogP contribution in [0.3, 0.4) is 0 Å². The van der Waals surface area contributed by atoms with E-state index in [-0.39, 0.29) is 17.1 Å². The topological polar surface area (TPSA) is 60.7 Å². The molecule has 0 bridgehead atoms. The van der Waals surface area contributed by atoms with Gasteiger partial charge in [0.15, 0.2) is 11.6 Å². The number of aromatic nitrogens is 4. The zero-order chi connectivity index (χ0) is 21.5. The van der Waals surface area contributed by atoms with E-state index in [1.807, 2.05) is 12.1 Å². The number of Topliss-reactive ketones (excluding diaryl/α,β-unsaturated/α-hetero) is 1. The van der Waals surface area contributed by atoms with Crippen molar-refractivity contribution in [3.8, 4) is 16.8 Å². The number of carbonyl (C=O) groups excluding carboxylic acids is 1. The summed E-state index contributed by atoms with van der Waals surface area (Å²) in [6.45, 7) is 10.6. The van der Waals surface area contributed by atoms with Crippen LogP contribution in [-0.4, -0.2) is 26.0 Å². The molecule has 0 amide bonds. The zero-order valence-corrected chi connectivity index (χ0v) is 18.5. The lowest BCUT2D eigenvalue weighted by molar-refractivity contribution is 0.0917. The third kappa shape index (κ3) is 4.20. The van der Waals surface area contributed by atoms with Gasteiger partial charge in [-0.1, -0.05) is 57.5 Å². The molecular formula is C25H30N4O. The van der Waals surface area contributed by atoms with E-state index < -0.39 is 0 Å². The van der Waals surface area contributed by atoms with Gasteiger partial charge in [-0.05, 0) is 70.9 Å². The summed E-state index contributed by atoms with van der Waals surface area (Å²) in [5, 5.41) is 12.3. The lowest BCUT2D eigenvalue weighted by Crippen LogP contribution is -2.19. The minimum absolute atomic E-state index is 0.0367. The van der Waals surface area contributed by atoms with Crippen molar-refractivity contribution in [2.45, 2.75) is 59.8 Å². The number of rotatable bonds is 7. The molecule has 0 N–H and O–H groups in total. The Kier molecular flexibility index (Phi) is 5.31. The minimum atomic E-state index is 0.0367. The van der Waals surface area contributed by atoms with Crippen LogP contribution in [0.2, 0.25) is 0 Å². The Morgan fingerprint density at radius 1 is 1.10 bits per heavy atom. The summed E-state index contributed by atoms with van der Waals surface area (Å²) < 4.78 is 1.76. The van der Waals surface area contributed by atoms with Crippen LogP contribution in [0, 0.1) is 18.3 Å². The summed E-state index contributed by atoms with van der Waals surface area (Å²) in [7, 11) is 0. The Balaban J connectivity index is 1.78. The van der Waals surface area contributed by atoms with Crippen LogP contribution in [0.1, 0.15) is 74.6 Å². The first kappa shape index (κ1) is 20.5. The van der Waals surface area contributed by atoms with E-state index in [1.165, 1.54) is 18.4 Å². The molecule has 1 aromatic heterocycles. The number of nitrogens with zero attached hydrogens (tertiary/aromatic N) is 4. The molecule has 30 heavy (non-hydrogen) atoms. The number of aryl methyl sites for hydroxylation is 1. The van der Waals surface area contributed by atoms with Crippen molar-refractivity contribution in [2.75, 3.05) is 0 Å². The average molecular weight is 403 g/mol. The molecule has 0 spiro atoms. The van der Waals surface area contributed by atoms with Gasteiger partial charge in [-0.25, -0.2) is 0 Å². The van der Waals surface area contributed by atoms with E-state index >= 15 is 0 Å². The van der Waals surface area contributed by atoms with E-state index in [0.29, 0.717) is 12.3 Å². The first-order valence-electron chi connectivity index (χ1n) is 10.8. The van der Waals surface area contributed by atoms with Gasteiger partial charge < -0.3 is 0 Å². The molecule has 1 heterocycles. The van der Waals surface area contributed by atoms with Gasteiger partial charge in [-0.3, -0.25) is 4.79 Å². The van der Waals surface area contributed by atoms with Crippen molar-refractivity contribution in [2.24, 2.45) is 11.3 Å². The van der Waals surface area contributed by atoms with Crippen molar-refractivity contribution in [3.63, 3.8) is 0 Å². The van der Waals surface area contributed by atoms with Crippen LogP contribution in [0.5, 0.6) is 0 Å². The van der Waals surface area contributed by atoms with Gasteiger partial charge in [0.25, 0.3) is 0 Å². The quantitative estimate of drug-likeness (QED) is 0.471. The van der Waals surface area contributed by atoms with Crippen molar-refractivity contribution < 1.29 is 4.79 Å². The SMILES string of the molecule is Cc1ccc(-c2cc(C(=O)CC(C)(C)C3CC3)cc(-n3nnnc3C(C)C)c2)cc1. The van der Waals surface area contributed by atoms with Crippen LogP contribution < -0.4 is 0 Å². The largest absolute Gasteiger partial charge is 0.294 e. The van der Waals surface area contributed by atoms with Crippen molar-refractivity contribution >= 4 is 5.78 Å². The average Bonchev–Trinajstić information content (AvgIpc) is 3.45. The number of hydrogen-bond acceptors (Lipinski definition) is 4. The normalized spacial score (nSPS) is 14.3. The highest BCUT2D eigenvalue weighted by atomic mass is 16.1. The Hall–Kier alpha value is -2.82. The molecule has 1 aliphatic carbocycles. The van der Waals surface area contributed by atoms with Crippen LogP contribution in [0.15, 0.2) is 42.5 Å². The highest BCUT2D eigenvalue weighted by molar-refractivity contribution is 5.98. The van der Waals surface area contributed by atoms with E-state index in [0.717, 1.165) is 28.2 Å². The molecule has 4 rings (SSSR count). The highest BCUT2D eigenvalue weighted by Gasteiger charge is 2.39. The molecule has 5 nitrogen and oxygen atoms in total. The molecule has 0 radical (unpaired) electrons. The Morgan fingerprint density at radius 2 is 1.80 bits per heavy atom. The maximum Gasteiger partial charge on any atom is 0.163 e. The number of tetrazole rings is 1. The second-order valence-corrected chi connectivity index (χ2v) is 9.60. The summed E-state index contributed by atoms with van der Waals surface area (Å²) in [6.07, 6.45) is 3.02. The summed E-state index contributed by atoms with van der Waals surface area (Å²) in [4.78, 5) is 13.3. The van der Waals surface area contributed by atoms with Gasteiger partial charge in [0.2, 0.25) is 0 Å². The van der Waals surface area contributed by atoms with Crippen LogP contribution in [0.4, 0.5) is 0 Å². The number of benzene rings is 2. The molecule has 156 valence electrons. The van der Waals surface area contributed by atoms with Gasteiger partial charge in [0.1, 0.15) is 0 Å². The molecule has 1 aliphatic rings. The molecule has 1 saturated carbocycles. The minimum Gasteiger partial charge on any atom is -0.294 e. The van der Waals surface area contributed by atoms with Gasteiger partial charge in [-0.2, -0.15) is 4.68 Å². The monoisotopic (exact) mass is 402 g/mol. The van der Waals surface area contributed by atoms with Gasteiger partial charge in [-0.15, -0.1) is 5.10 Å². The predicted molar refractivity (Wildman–Crippen MR) is 119 cm³/mol. The second kappa shape index (κ2) is 7.78. The lowest BCUT2D eigenvalue weighted by atomic mass is 9.80. The van der Waals surface area contributed by atoms with Crippen molar-refractivity contribution in [1.29, 1.82) is 0 Å². The maximum absolute atomic E-state index is 13.3. The third-order valence-electron chi connectivity index (χ3n) is 6.18. The van der Waals surface area contributed by atoms with E-state index in [4.69, 9.17) is 0 Å². The summed E-state index contributed by atoms with van der Waals surface area (Å²) in [6, 6.07) is 14.4. The number of hydrogen-bond donors (Lipinski definition) is 0.